The number of pyridine rings is 2. The first kappa shape index (κ1) is 14.8. The van der Waals surface area contributed by atoms with Crippen molar-refractivity contribution in [1.82, 2.24) is 15.3 Å². The number of nitrogens with zero attached hydrogens (tertiary/aromatic N) is 2. The number of carboxylic acid groups (broad SMARTS) is 1. The van der Waals surface area contributed by atoms with E-state index in [1.165, 1.54) is 6.20 Å². The van der Waals surface area contributed by atoms with E-state index >= 15 is 0 Å². The van der Waals surface area contributed by atoms with Gasteiger partial charge in [0.2, 0.25) is 5.78 Å². The van der Waals surface area contributed by atoms with Gasteiger partial charge in [0.05, 0.1) is 17.9 Å². The van der Waals surface area contributed by atoms with Crippen LogP contribution >= 0.6 is 0 Å². The van der Waals surface area contributed by atoms with Crippen LogP contribution in [0.3, 0.4) is 0 Å². The van der Waals surface area contributed by atoms with Gasteiger partial charge >= 0.3 is 5.97 Å². The summed E-state index contributed by atoms with van der Waals surface area (Å²) >= 11 is 0. The topological polar surface area (TPSA) is 101 Å². The smallest absolute Gasteiger partial charge is 0.320 e. The molecular weight excluding hydrogens is 310 g/mol. The fourth-order valence-corrected chi connectivity index (χ4v) is 3.30. The van der Waals surface area contributed by atoms with E-state index in [0.717, 1.165) is 0 Å². The Bertz CT molecular complexity index is 793. The van der Waals surface area contributed by atoms with Crippen LogP contribution in [-0.4, -0.2) is 38.4 Å². The highest BCUT2D eigenvalue weighted by atomic mass is 16.5. The molecule has 1 aliphatic carbocycles. The third-order valence-corrected chi connectivity index (χ3v) is 4.60. The number of ether oxygens (including phenoxy) is 1. The maximum atomic E-state index is 12.7. The second-order valence-corrected chi connectivity index (χ2v) is 6.14. The number of Topliss-reactive ketones (excluding diaryl/α,β-unsaturated/α-hetero) is 1. The molecule has 2 aliphatic rings. The number of aromatic nitrogens is 2. The number of carbonyl (C=O) groups excluding carboxylic acids is 1. The zero-order valence-electron chi connectivity index (χ0n) is 12.7. The van der Waals surface area contributed by atoms with Gasteiger partial charge in [-0.25, -0.2) is 4.98 Å². The SMILES string of the molecule is O=C(O)C1CC2CC2(C(=O)c2ccc(Oc3cccnc3)cn2)N1. The average Bonchev–Trinajstić information content (AvgIpc) is 3.17. The normalized spacial score (nSPS) is 27.3. The van der Waals surface area contributed by atoms with Crippen LogP contribution in [0.1, 0.15) is 23.3 Å². The maximum Gasteiger partial charge on any atom is 0.320 e. The molecular formula is C17H15N3O4. The molecule has 2 aromatic rings. The average molecular weight is 325 g/mol. The van der Waals surface area contributed by atoms with Crippen molar-refractivity contribution in [2.45, 2.75) is 24.4 Å². The lowest BCUT2D eigenvalue weighted by Gasteiger charge is -2.15. The number of ketones is 1. The van der Waals surface area contributed by atoms with Crippen molar-refractivity contribution < 1.29 is 19.4 Å². The second-order valence-electron chi connectivity index (χ2n) is 6.14. The summed E-state index contributed by atoms with van der Waals surface area (Å²) in [7, 11) is 0. The number of fused-ring (bicyclic) bond motifs is 1. The van der Waals surface area contributed by atoms with Gasteiger partial charge in [-0.05, 0) is 43.0 Å². The van der Waals surface area contributed by atoms with Gasteiger partial charge in [0.15, 0.2) is 0 Å². The summed E-state index contributed by atoms with van der Waals surface area (Å²) in [5, 5.41) is 12.0. The predicted molar refractivity (Wildman–Crippen MR) is 82.9 cm³/mol. The maximum absolute atomic E-state index is 12.7. The molecule has 1 saturated carbocycles. The van der Waals surface area contributed by atoms with Gasteiger partial charge in [-0.1, -0.05) is 0 Å². The Labute approximate surface area is 137 Å². The Kier molecular flexibility index (Phi) is 3.31. The summed E-state index contributed by atoms with van der Waals surface area (Å²) in [6, 6.07) is 6.16. The number of piperidine rings is 1. The molecule has 2 aromatic heterocycles. The zero-order valence-corrected chi connectivity index (χ0v) is 12.7. The van der Waals surface area contributed by atoms with E-state index in [2.05, 4.69) is 15.3 Å². The summed E-state index contributed by atoms with van der Waals surface area (Å²) in [5.74, 6) is 0.110. The Balaban J connectivity index is 1.48. The van der Waals surface area contributed by atoms with Crippen molar-refractivity contribution in [1.29, 1.82) is 0 Å². The molecule has 0 radical (unpaired) electrons. The third-order valence-electron chi connectivity index (χ3n) is 4.60. The van der Waals surface area contributed by atoms with Gasteiger partial charge in [-0.2, -0.15) is 0 Å². The minimum atomic E-state index is -0.914. The van der Waals surface area contributed by atoms with Crippen LogP contribution in [0.4, 0.5) is 0 Å². The summed E-state index contributed by atoms with van der Waals surface area (Å²) in [5.41, 5.74) is -0.434. The van der Waals surface area contributed by atoms with Crippen LogP contribution in [0.5, 0.6) is 11.5 Å². The van der Waals surface area contributed by atoms with Crippen LogP contribution in [0.25, 0.3) is 0 Å². The first-order valence-corrected chi connectivity index (χ1v) is 7.68. The molecule has 1 saturated heterocycles. The lowest BCUT2D eigenvalue weighted by atomic mass is 10.1. The number of carbonyl (C=O) groups is 2. The lowest BCUT2D eigenvalue weighted by Crippen LogP contribution is -2.44. The van der Waals surface area contributed by atoms with Gasteiger partial charge in [0.1, 0.15) is 23.2 Å². The molecule has 24 heavy (non-hydrogen) atoms. The molecule has 0 bridgehead atoms. The molecule has 0 aromatic carbocycles. The Morgan fingerprint density at radius 3 is 2.71 bits per heavy atom. The monoisotopic (exact) mass is 325 g/mol. The molecule has 4 rings (SSSR count). The first-order chi connectivity index (χ1) is 11.6. The van der Waals surface area contributed by atoms with E-state index in [9.17, 15) is 9.59 Å². The van der Waals surface area contributed by atoms with E-state index < -0.39 is 17.6 Å². The summed E-state index contributed by atoms with van der Waals surface area (Å²) in [6.45, 7) is 0. The number of carboxylic acids is 1. The van der Waals surface area contributed by atoms with Gasteiger partial charge in [-0.3, -0.25) is 19.9 Å². The van der Waals surface area contributed by atoms with Crippen LogP contribution < -0.4 is 10.1 Å². The molecule has 0 spiro atoms. The second kappa shape index (κ2) is 5.38. The van der Waals surface area contributed by atoms with E-state index in [4.69, 9.17) is 9.84 Å². The number of nitrogens with one attached hydrogen (secondary N) is 1. The number of hydrogen-bond acceptors (Lipinski definition) is 6. The standard InChI is InChI=1S/C17H15N3O4/c21-15(17-7-10(17)6-14(20-17)16(22)23)13-4-3-12(9-19-13)24-11-2-1-5-18-8-11/h1-5,8-10,14,20H,6-7H2,(H,22,23). The van der Waals surface area contributed by atoms with Crippen molar-refractivity contribution in [2.75, 3.05) is 0 Å². The van der Waals surface area contributed by atoms with Crippen LogP contribution in [0.2, 0.25) is 0 Å². The summed E-state index contributed by atoms with van der Waals surface area (Å²) in [6.07, 6.45) is 5.88. The Morgan fingerprint density at radius 1 is 1.25 bits per heavy atom. The van der Waals surface area contributed by atoms with Crippen LogP contribution in [0, 0.1) is 5.92 Å². The Morgan fingerprint density at radius 2 is 2.08 bits per heavy atom. The lowest BCUT2D eigenvalue weighted by molar-refractivity contribution is -0.139. The van der Waals surface area contributed by atoms with Gasteiger partial charge in [0.25, 0.3) is 0 Å². The number of hydrogen-bond donors (Lipinski definition) is 2. The predicted octanol–water partition coefficient (Wildman–Crippen LogP) is 1.66. The quantitative estimate of drug-likeness (QED) is 0.806. The molecule has 3 unspecified atom stereocenters. The Hall–Kier alpha value is -2.80. The molecule has 3 heterocycles. The van der Waals surface area contributed by atoms with Crippen molar-refractivity contribution in [2.24, 2.45) is 5.92 Å². The highest BCUT2D eigenvalue weighted by Crippen LogP contribution is 2.53. The minimum absolute atomic E-state index is 0.0826. The van der Waals surface area contributed by atoms with Crippen molar-refractivity contribution >= 4 is 11.8 Å². The molecule has 2 N–H and O–H groups in total. The van der Waals surface area contributed by atoms with E-state index in [0.29, 0.717) is 30.0 Å². The van der Waals surface area contributed by atoms with Gasteiger partial charge < -0.3 is 9.84 Å². The molecule has 0 amide bonds. The fourth-order valence-electron chi connectivity index (χ4n) is 3.30. The van der Waals surface area contributed by atoms with Crippen molar-refractivity contribution in [3.8, 4) is 11.5 Å². The van der Waals surface area contributed by atoms with Gasteiger partial charge in [0, 0.05) is 6.20 Å². The largest absolute Gasteiger partial charge is 0.480 e. The van der Waals surface area contributed by atoms with Crippen molar-refractivity contribution in [3.63, 3.8) is 0 Å². The number of rotatable bonds is 5. The summed E-state index contributed by atoms with van der Waals surface area (Å²) in [4.78, 5) is 31.9. The highest BCUT2D eigenvalue weighted by molar-refractivity contribution is 6.05. The molecule has 2 fully saturated rings. The fraction of sp³-hybridized carbons (Fsp3) is 0.294. The molecule has 7 heteroatoms. The first-order valence-electron chi connectivity index (χ1n) is 7.68. The molecule has 1 aliphatic heterocycles. The summed E-state index contributed by atoms with van der Waals surface area (Å²) < 4.78 is 5.59. The van der Waals surface area contributed by atoms with Crippen LogP contribution in [0.15, 0.2) is 42.9 Å². The number of aliphatic carboxylic acids is 1. The zero-order chi connectivity index (χ0) is 16.7. The third kappa shape index (κ3) is 2.43. The minimum Gasteiger partial charge on any atom is -0.480 e. The van der Waals surface area contributed by atoms with Crippen LogP contribution in [-0.2, 0) is 4.79 Å². The molecule has 122 valence electrons. The van der Waals surface area contributed by atoms with E-state index in [1.54, 1.807) is 36.7 Å². The van der Waals surface area contributed by atoms with Crippen molar-refractivity contribution in [3.05, 3.63) is 48.5 Å². The van der Waals surface area contributed by atoms with E-state index in [1.807, 2.05) is 0 Å². The van der Waals surface area contributed by atoms with Gasteiger partial charge in [-0.15, -0.1) is 0 Å². The van der Waals surface area contributed by atoms with E-state index in [-0.39, 0.29) is 11.7 Å². The molecule has 3 atom stereocenters. The highest BCUT2D eigenvalue weighted by Gasteiger charge is 2.66. The molecule has 7 nitrogen and oxygen atoms in total.